The average Bonchev–Trinajstić information content (AvgIpc) is 2.82. The second kappa shape index (κ2) is 17.0. The lowest BCUT2D eigenvalue weighted by Gasteiger charge is -2.30. The Labute approximate surface area is 211 Å². The van der Waals surface area contributed by atoms with Crippen molar-refractivity contribution in [3.63, 3.8) is 0 Å². The summed E-state index contributed by atoms with van der Waals surface area (Å²) in [6, 6.07) is 6.14. The van der Waals surface area contributed by atoms with Gasteiger partial charge < -0.3 is 26.6 Å². The highest BCUT2D eigenvalue weighted by molar-refractivity contribution is 6.61. The Bertz CT molecular complexity index is 651. The van der Waals surface area contributed by atoms with Gasteiger partial charge in [0.15, 0.2) is 0 Å². The van der Waals surface area contributed by atoms with Crippen molar-refractivity contribution in [3.8, 4) is 0 Å². The van der Waals surface area contributed by atoms with Crippen LogP contribution >= 0.6 is 0 Å². The SMILES string of the molecule is CCO[Si](CCc1ccc(CC)c(CC)c1CC[Si](OCC)(OCC)OCC)(OCC)OCC. The molecule has 1 rings (SSSR count). The molecule has 0 radical (unpaired) electrons. The number of hydrogen-bond donors (Lipinski definition) is 0. The molecule has 0 saturated carbocycles. The first kappa shape index (κ1) is 31.4. The first-order valence-corrected chi connectivity index (χ1v) is 17.3. The van der Waals surface area contributed by atoms with Crippen LogP contribution in [0.25, 0.3) is 0 Å². The third kappa shape index (κ3) is 9.13. The summed E-state index contributed by atoms with van der Waals surface area (Å²) >= 11 is 0. The van der Waals surface area contributed by atoms with Crippen molar-refractivity contribution in [1.29, 1.82) is 0 Å². The lowest BCUT2D eigenvalue weighted by Crippen LogP contribution is -2.46. The quantitative estimate of drug-likeness (QED) is 0.199. The van der Waals surface area contributed by atoms with E-state index >= 15 is 0 Å². The van der Waals surface area contributed by atoms with Crippen molar-refractivity contribution < 1.29 is 26.6 Å². The highest BCUT2D eigenvalue weighted by atomic mass is 28.4. The Hall–Kier alpha value is -0.586. The van der Waals surface area contributed by atoms with Gasteiger partial charge in [-0.2, -0.15) is 0 Å². The van der Waals surface area contributed by atoms with Gasteiger partial charge in [-0.15, -0.1) is 0 Å². The molecule has 0 bridgehead atoms. The maximum Gasteiger partial charge on any atom is 0.501 e. The summed E-state index contributed by atoms with van der Waals surface area (Å²) in [6.45, 7) is 20.1. The Morgan fingerprint density at radius 2 is 0.853 bits per heavy atom. The summed E-state index contributed by atoms with van der Waals surface area (Å²) < 4.78 is 36.8. The topological polar surface area (TPSA) is 55.4 Å². The normalized spacial score (nSPS) is 12.5. The number of benzene rings is 1. The molecule has 0 atom stereocenters. The zero-order valence-electron chi connectivity index (χ0n) is 23.1. The van der Waals surface area contributed by atoms with E-state index in [1.165, 1.54) is 22.3 Å². The summed E-state index contributed by atoms with van der Waals surface area (Å²) in [5, 5.41) is 0. The molecule has 1 aromatic rings. The third-order valence-corrected chi connectivity index (χ3v) is 12.0. The van der Waals surface area contributed by atoms with Gasteiger partial charge in [0, 0.05) is 51.7 Å². The fourth-order valence-corrected chi connectivity index (χ4v) is 9.81. The molecule has 34 heavy (non-hydrogen) atoms. The van der Waals surface area contributed by atoms with Crippen molar-refractivity contribution >= 4 is 17.6 Å². The molecule has 0 aromatic heterocycles. The fraction of sp³-hybridized carbons (Fsp3) is 0.769. The van der Waals surface area contributed by atoms with Crippen molar-refractivity contribution in [2.75, 3.05) is 39.6 Å². The molecule has 8 heteroatoms. The van der Waals surface area contributed by atoms with Crippen LogP contribution in [-0.2, 0) is 52.2 Å². The highest BCUT2D eigenvalue weighted by Gasteiger charge is 2.42. The van der Waals surface area contributed by atoms with Gasteiger partial charge in [0.05, 0.1) is 0 Å². The van der Waals surface area contributed by atoms with E-state index in [1.54, 1.807) is 0 Å². The first-order chi connectivity index (χ1) is 16.4. The zero-order valence-corrected chi connectivity index (χ0v) is 25.1. The highest BCUT2D eigenvalue weighted by Crippen LogP contribution is 2.29. The van der Waals surface area contributed by atoms with Gasteiger partial charge in [-0.1, -0.05) is 26.0 Å². The molecule has 0 aliphatic rings. The largest absolute Gasteiger partial charge is 0.501 e. The van der Waals surface area contributed by atoms with Crippen LogP contribution < -0.4 is 0 Å². The molecule has 1 aromatic carbocycles. The van der Waals surface area contributed by atoms with Gasteiger partial charge in [-0.3, -0.25) is 0 Å². The van der Waals surface area contributed by atoms with Crippen LogP contribution in [0.3, 0.4) is 0 Å². The molecule has 0 heterocycles. The van der Waals surface area contributed by atoms with Crippen molar-refractivity contribution in [2.45, 2.75) is 93.2 Å². The van der Waals surface area contributed by atoms with E-state index in [9.17, 15) is 0 Å². The predicted octanol–water partition coefficient (Wildman–Crippen LogP) is 5.99. The van der Waals surface area contributed by atoms with E-state index in [0.717, 1.165) is 37.8 Å². The molecule has 0 fully saturated rings. The molecule has 0 amide bonds. The Kier molecular flexibility index (Phi) is 15.7. The third-order valence-electron chi connectivity index (χ3n) is 5.93. The minimum atomic E-state index is -2.73. The minimum absolute atomic E-state index is 0.596. The van der Waals surface area contributed by atoms with Crippen LogP contribution in [0, 0.1) is 0 Å². The number of rotatable bonds is 20. The van der Waals surface area contributed by atoms with Crippen LogP contribution in [0.5, 0.6) is 0 Å². The summed E-state index contributed by atoms with van der Waals surface area (Å²) in [7, 11) is -5.44. The monoisotopic (exact) mass is 514 g/mol. The van der Waals surface area contributed by atoms with Gasteiger partial charge in [-0.05, 0) is 89.5 Å². The Morgan fingerprint density at radius 1 is 0.471 bits per heavy atom. The van der Waals surface area contributed by atoms with E-state index in [2.05, 4.69) is 26.0 Å². The first-order valence-electron chi connectivity index (χ1n) is 13.4. The summed E-state index contributed by atoms with van der Waals surface area (Å²) in [5.41, 5.74) is 5.62. The predicted molar refractivity (Wildman–Crippen MR) is 143 cm³/mol. The molecule has 0 aliphatic carbocycles. The summed E-state index contributed by atoms with van der Waals surface area (Å²) in [5.74, 6) is 0. The minimum Gasteiger partial charge on any atom is -0.374 e. The fourth-order valence-electron chi connectivity index (χ4n) is 4.68. The summed E-state index contributed by atoms with van der Waals surface area (Å²) in [4.78, 5) is 0. The Balaban J connectivity index is 3.33. The zero-order chi connectivity index (χ0) is 25.5. The standard InChI is InChI=1S/C26H50O6Si2/c1-9-23-17-18-24(19-21-33(27-11-3,28-12-4)29-13-5)26(25(23)10-2)20-22-34(30-14-6,31-15-7)32-16-8/h17-18H,9-16,19-22H2,1-8H3. The molecule has 0 N–H and O–H groups in total. The van der Waals surface area contributed by atoms with E-state index in [4.69, 9.17) is 26.6 Å². The second-order valence-corrected chi connectivity index (χ2v) is 13.5. The molecule has 0 saturated heterocycles. The van der Waals surface area contributed by atoms with Crippen molar-refractivity contribution in [2.24, 2.45) is 0 Å². The summed E-state index contributed by atoms with van der Waals surface area (Å²) in [6.07, 6.45) is 3.77. The van der Waals surface area contributed by atoms with Crippen molar-refractivity contribution in [1.82, 2.24) is 0 Å². The van der Waals surface area contributed by atoms with Crippen molar-refractivity contribution in [3.05, 3.63) is 34.4 Å². The maximum atomic E-state index is 6.15. The molecule has 0 spiro atoms. The van der Waals surface area contributed by atoms with E-state index in [0.29, 0.717) is 39.6 Å². The van der Waals surface area contributed by atoms with Gasteiger partial charge in [0.25, 0.3) is 0 Å². The van der Waals surface area contributed by atoms with Gasteiger partial charge in [0.2, 0.25) is 0 Å². The molecule has 198 valence electrons. The van der Waals surface area contributed by atoms with Gasteiger partial charge in [0.1, 0.15) is 0 Å². The molecule has 0 unspecified atom stereocenters. The molecule has 0 aliphatic heterocycles. The molecular formula is C26H50O6Si2. The smallest absolute Gasteiger partial charge is 0.374 e. The van der Waals surface area contributed by atoms with Gasteiger partial charge >= 0.3 is 17.6 Å². The van der Waals surface area contributed by atoms with Gasteiger partial charge in [-0.25, -0.2) is 0 Å². The lowest BCUT2D eigenvalue weighted by atomic mass is 9.90. The number of aryl methyl sites for hydroxylation is 2. The molecular weight excluding hydrogens is 464 g/mol. The van der Waals surface area contributed by atoms with E-state index in [-0.39, 0.29) is 0 Å². The van der Waals surface area contributed by atoms with Crippen LogP contribution in [0.4, 0.5) is 0 Å². The second-order valence-electron chi connectivity index (χ2n) is 8.01. The van der Waals surface area contributed by atoms with E-state index < -0.39 is 17.6 Å². The Morgan fingerprint density at radius 3 is 1.21 bits per heavy atom. The van der Waals surface area contributed by atoms with Crippen LogP contribution in [-0.4, -0.2) is 57.3 Å². The lowest BCUT2D eigenvalue weighted by molar-refractivity contribution is 0.0702. The average molecular weight is 515 g/mol. The van der Waals surface area contributed by atoms with Crippen LogP contribution in [0.15, 0.2) is 12.1 Å². The molecule has 6 nitrogen and oxygen atoms in total. The maximum absolute atomic E-state index is 6.15. The van der Waals surface area contributed by atoms with E-state index in [1.807, 2.05) is 41.5 Å². The van der Waals surface area contributed by atoms with Crippen LogP contribution in [0.1, 0.15) is 77.6 Å². The van der Waals surface area contributed by atoms with Crippen LogP contribution in [0.2, 0.25) is 12.1 Å². The number of hydrogen-bond acceptors (Lipinski definition) is 6.